The molecule has 8 heteroatoms. The van der Waals surface area contributed by atoms with Crippen molar-refractivity contribution in [1.82, 2.24) is 10.2 Å². The topological polar surface area (TPSA) is 59.2 Å². The van der Waals surface area contributed by atoms with Gasteiger partial charge < -0.3 is 9.32 Å². The Hall–Kier alpha value is -3.32. The molecule has 0 spiro atoms. The quantitative estimate of drug-likeness (QED) is 0.490. The highest BCUT2D eigenvalue weighted by atomic mass is 35.5. The Labute approximate surface area is 181 Å². The average Bonchev–Trinajstić information content (AvgIpc) is 3.40. The van der Waals surface area contributed by atoms with Crippen LogP contribution < -0.4 is 4.90 Å². The first-order valence-electron chi connectivity index (χ1n) is 9.74. The Balaban J connectivity index is 1.51. The zero-order chi connectivity index (χ0) is 21.5. The number of anilines is 1. The van der Waals surface area contributed by atoms with Crippen molar-refractivity contribution in [2.24, 2.45) is 0 Å². The fraction of sp³-hybridized carbons (Fsp3) is 0.174. The molecule has 1 aliphatic heterocycles. The molecule has 5 nitrogen and oxygen atoms in total. The molecule has 0 atom stereocenters. The Kier molecular flexibility index (Phi) is 4.90. The predicted octanol–water partition coefficient (Wildman–Crippen LogP) is 6.13. The highest BCUT2D eigenvalue weighted by Crippen LogP contribution is 2.39. The lowest BCUT2D eigenvalue weighted by atomic mass is 9.97. The van der Waals surface area contributed by atoms with Crippen LogP contribution in [0.2, 0.25) is 0 Å². The lowest BCUT2D eigenvalue weighted by Crippen LogP contribution is -2.24. The van der Waals surface area contributed by atoms with E-state index in [1.807, 2.05) is 30.3 Å². The zero-order valence-corrected chi connectivity index (χ0v) is 16.9. The number of para-hydroxylation sites is 1. The minimum atomic E-state index is -2.85. The van der Waals surface area contributed by atoms with Gasteiger partial charge in [-0.3, -0.25) is 4.79 Å². The van der Waals surface area contributed by atoms with Crippen LogP contribution in [-0.4, -0.2) is 16.1 Å². The van der Waals surface area contributed by atoms with Crippen LogP contribution in [0.15, 0.2) is 64.1 Å². The minimum Gasteiger partial charge on any atom is -0.415 e. The van der Waals surface area contributed by atoms with E-state index in [-0.39, 0.29) is 11.8 Å². The van der Waals surface area contributed by atoms with Gasteiger partial charge in [-0.2, -0.15) is 8.78 Å². The Morgan fingerprint density at radius 2 is 1.94 bits per heavy atom. The maximum absolute atomic E-state index is 13.3. The van der Waals surface area contributed by atoms with Crippen molar-refractivity contribution in [2.75, 3.05) is 4.90 Å². The number of aromatic nitrogens is 2. The number of allylic oxidation sites excluding steroid dienone is 4. The minimum absolute atomic E-state index is 0.0472. The molecule has 0 N–H and O–H groups in total. The van der Waals surface area contributed by atoms with E-state index in [1.165, 1.54) is 0 Å². The number of halogens is 3. The monoisotopic (exact) mass is 439 g/mol. The SMILES string of the molecule is O=C1c2cc(-c3nnc(C(F)F)o3)ccc2CN1c1ccccc1C1=C(Cl)CCC=C1. The summed E-state index contributed by atoms with van der Waals surface area (Å²) in [5, 5.41) is 7.79. The van der Waals surface area contributed by atoms with Gasteiger partial charge in [0, 0.05) is 21.7 Å². The second-order valence-corrected chi connectivity index (χ2v) is 7.74. The van der Waals surface area contributed by atoms with E-state index >= 15 is 0 Å². The standard InChI is InChI=1S/C23H16ClF2N3O2/c24-18-7-3-1-5-15(18)16-6-2-4-8-19(16)29-12-14-10-9-13(11-17(14)23(29)30)21-27-28-22(31-21)20(25)26/h1-2,4-6,8-11,20H,3,7,12H2. The first-order chi connectivity index (χ1) is 15.0. The van der Waals surface area contributed by atoms with E-state index in [2.05, 4.69) is 16.3 Å². The number of carbonyl (C=O) groups excluding carboxylic acids is 1. The van der Waals surface area contributed by atoms with Gasteiger partial charge in [0.2, 0.25) is 5.89 Å². The molecule has 0 unspecified atom stereocenters. The number of fused-ring (bicyclic) bond motifs is 1. The molecule has 1 aliphatic carbocycles. The molecule has 0 radical (unpaired) electrons. The van der Waals surface area contributed by atoms with E-state index in [9.17, 15) is 13.6 Å². The second-order valence-electron chi connectivity index (χ2n) is 7.29. The summed E-state index contributed by atoms with van der Waals surface area (Å²) in [4.78, 5) is 15.0. The Morgan fingerprint density at radius 3 is 2.71 bits per heavy atom. The van der Waals surface area contributed by atoms with E-state index in [1.54, 1.807) is 23.1 Å². The van der Waals surface area contributed by atoms with Crippen molar-refractivity contribution < 1.29 is 18.0 Å². The lowest BCUT2D eigenvalue weighted by Gasteiger charge is -2.22. The van der Waals surface area contributed by atoms with Crippen LogP contribution in [0.3, 0.4) is 0 Å². The van der Waals surface area contributed by atoms with Crippen LogP contribution in [0.4, 0.5) is 14.5 Å². The Morgan fingerprint density at radius 1 is 1.10 bits per heavy atom. The molecule has 2 heterocycles. The molecule has 0 fully saturated rings. The van der Waals surface area contributed by atoms with Gasteiger partial charge in [0.15, 0.2) is 0 Å². The molecule has 2 aliphatic rings. The Bertz CT molecular complexity index is 1250. The third-order valence-corrected chi connectivity index (χ3v) is 5.77. The van der Waals surface area contributed by atoms with E-state index in [4.69, 9.17) is 16.0 Å². The third kappa shape index (κ3) is 3.45. The lowest BCUT2D eigenvalue weighted by molar-refractivity contribution is 0.0996. The van der Waals surface area contributed by atoms with Crippen molar-refractivity contribution >= 4 is 28.8 Å². The summed E-state index contributed by atoms with van der Waals surface area (Å²) in [6.45, 7) is 0.395. The van der Waals surface area contributed by atoms with Gasteiger partial charge >= 0.3 is 6.43 Å². The zero-order valence-electron chi connectivity index (χ0n) is 16.2. The molecule has 31 heavy (non-hydrogen) atoms. The molecular weight excluding hydrogens is 424 g/mol. The number of alkyl halides is 2. The van der Waals surface area contributed by atoms with Crippen LogP contribution in [0, 0.1) is 0 Å². The van der Waals surface area contributed by atoms with Crippen LogP contribution in [0.25, 0.3) is 17.0 Å². The van der Waals surface area contributed by atoms with Crippen LogP contribution in [0.1, 0.15) is 46.6 Å². The van der Waals surface area contributed by atoms with Crippen LogP contribution >= 0.6 is 11.6 Å². The summed E-state index contributed by atoms with van der Waals surface area (Å²) >= 11 is 6.48. The first kappa shape index (κ1) is 19.6. The van der Waals surface area contributed by atoms with Crippen molar-refractivity contribution in [2.45, 2.75) is 25.8 Å². The number of benzene rings is 2. The van der Waals surface area contributed by atoms with Crippen molar-refractivity contribution in [3.05, 3.63) is 82.2 Å². The summed E-state index contributed by atoms with van der Waals surface area (Å²) in [5.74, 6) is -0.980. The molecule has 2 aromatic carbocycles. The van der Waals surface area contributed by atoms with Crippen molar-refractivity contribution in [3.63, 3.8) is 0 Å². The van der Waals surface area contributed by atoms with E-state index in [0.29, 0.717) is 17.7 Å². The molecule has 0 saturated carbocycles. The van der Waals surface area contributed by atoms with Gasteiger partial charge in [0.05, 0.1) is 12.2 Å². The van der Waals surface area contributed by atoms with Gasteiger partial charge in [-0.15, -0.1) is 10.2 Å². The number of hydrogen-bond acceptors (Lipinski definition) is 4. The van der Waals surface area contributed by atoms with Gasteiger partial charge in [-0.1, -0.05) is 48.0 Å². The smallest absolute Gasteiger partial charge is 0.314 e. The number of carbonyl (C=O) groups is 1. The molecule has 1 amide bonds. The van der Waals surface area contributed by atoms with Crippen molar-refractivity contribution in [1.29, 1.82) is 0 Å². The maximum Gasteiger partial charge on any atom is 0.314 e. The number of amides is 1. The maximum atomic E-state index is 13.3. The predicted molar refractivity (Wildman–Crippen MR) is 113 cm³/mol. The number of hydrogen-bond donors (Lipinski definition) is 0. The van der Waals surface area contributed by atoms with Gasteiger partial charge in [0.25, 0.3) is 11.8 Å². The summed E-state index contributed by atoms with van der Waals surface area (Å²) in [6.07, 6.45) is 2.88. The summed E-state index contributed by atoms with van der Waals surface area (Å²) in [6, 6.07) is 12.7. The summed E-state index contributed by atoms with van der Waals surface area (Å²) in [7, 11) is 0. The molecule has 0 bridgehead atoms. The largest absolute Gasteiger partial charge is 0.415 e. The number of rotatable bonds is 4. The average molecular weight is 440 g/mol. The molecule has 3 aromatic rings. The van der Waals surface area contributed by atoms with Crippen LogP contribution in [0.5, 0.6) is 0 Å². The molecular formula is C23H16ClF2N3O2. The van der Waals surface area contributed by atoms with Gasteiger partial charge in [-0.25, -0.2) is 0 Å². The number of nitrogens with zero attached hydrogens (tertiary/aromatic N) is 3. The normalized spacial score (nSPS) is 15.9. The molecule has 0 saturated heterocycles. The summed E-state index contributed by atoms with van der Waals surface area (Å²) in [5.41, 5.74) is 4.30. The van der Waals surface area contributed by atoms with E-state index in [0.717, 1.165) is 40.3 Å². The summed E-state index contributed by atoms with van der Waals surface area (Å²) < 4.78 is 30.5. The highest BCUT2D eigenvalue weighted by molar-refractivity contribution is 6.33. The van der Waals surface area contributed by atoms with Crippen LogP contribution in [-0.2, 0) is 6.54 Å². The second kappa shape index (κ2) is 7.74. The molecule has 156 valence electrons. The van der Waals surface area contributed by atoms with Gasteiger partial charge in [-0.05, 0) is 42.2 Å². The fourth-order valence-corrected chi connectivity index (χ4v) is 4.15. The van der Waals surface area contributed by atoms with Gasteiger partial charge in [0.1, 0.15) is 0 Å². The molecule has 1 aromatic heterocycles. The fourth-order valence-electron chi connectivity index (χ4n) is 3.88. The third-order valence-electron chi connectivity index (χ3n) is 5.38. The highest BCUT2D eigenvalue weighted by Gasteiger charge is 2.31. The van der Waals surface area contributed by atoms with E-state index < -0.39 is 12.3 Å². The van der Waals surface area contributed by atoms with Crippen molar-refractivity contribution in [3.8, 4) is 11.5 Å². The molecule has 5 rings (SSSR count). The first-order valence-corrected chi connectivity index (χ1v) is 10.1.